The number of rotatable bonds is 6. The van der Waals surface area contributed by atoms with Crippen LogP contribution in [0.15, 0.2) is 72.8 Å². The lowest BCUT2D eigenvalue weighted by Crippen LogP contribution is -2.46. The van der Waals surface area contributed by atoms with Crippen molar-refractivity contribution in [3.63, 3.8) is 0 Å². The molecule has 1 fully saturated rings. The van der Waals surface area contributed by atoms with E-state index in [4.69, 9.17) is 20.4 Å². The second-order valence-electron chi connectivity index (χ2n) is 9.44. The Kier molecular flexibility index (Phi) is 6.54. The van der Waals surface area contributed by atoms with E-state index in [0.29, 0.717) is 47.2 Å². The third-order valence-corrected chi connectivity index (χ3v) is 6.96. The Morgan fingerprint density at radius 3 is 2.33 bits per heavy atom. The molecule has 2 N–H and O–H groups in total. The molecule has 0 atom stereocenters. The van der Waals surface area contributed by atoms with Gasteiger partial charge in [-0.2, -0.15) is 4.98 Å². The zero-order valence-electron chi connectivity index (χ0n) is 21.4. The Hall–Kier alpha value is -4.57. The summed E-state index contributed by atoms with van der Waals surface area (Å²) in [5.41, 5.74) is 9.29. The van der Waals surface area contributed by atoms with Crippen LogP contribution in [0.3, 0.4) is 0 Å². The van der Waals surface area contributed by atoms with Gasteiger partial charge in [0.05, 0.1) is 23.9 Å². The molecule has 5 aromatic rings. The van der Waals surface area contributed by atoms with Gasteiger partial charge in [-0.25, -0.2) is 18.4 Å². The summed E-state index contributed by atoms with van der Waals surface area (Å²) in [4.78, 5) is 14.0. The molecule has 198 valence electrons. The van der Waals surface area contributed by atoms with Crippen LogP contribution in [-0.4, -0.2) is 57.9 Å². The average Bonchev–Trinajstić information content (AvgIpc) is 3.30. The molecule has 0 aliphatic carbocycles. The standard InChI is InChI=1S/C29H27F2N7O/c1-39-22-11-12-23(24(31)17-22)26-25-27(32)38(21-9-7-20(30)8-10-21)35-28(25)34-29(33-26)37-15-13-36(14-16-37)18-19-5-3-2-4-6-19/h2-12,17H,13-16,18,32H2,1H3. The molecule has 39 heavy (non-hydrogen) atoms. The topological polar surface area (TPSA) is 85.3 Å². The van der Waals surface area contributed by atoms with Crippen LogP contribution < -0.4 is 15.4 Å². The van der Waals surface area contributed by atoms with Crippen molar-refractivity contribution in [1.29, 1.82) is 0 Å². The fourth-order valence-electron chi connectivity index (χ4n) is 4.88. The van der Waals surface area contributed by atoms with Gasteiger partial charge in [-0.15, -0.1) is 5.10 Å². The van der Waals surface area contributed by atoms with Crippen molar-refractivity contribution >= 4 is 22.8 Å². The minimum Gasteiger partial charge on any atom is -0.497 e. The van der Waals surface area contributed by atoms with E-state index in [9.17, 15) is 4.39 Å². The van der Waals surface area contributed by atoms with Crippen molar-refractivity contribution in [3.8, 4) is 22.7 Å². The summed E-state index contributed by atoms with van der Waals surface area (Å²) in [5.74, 6) is 0.216. The SMILES string of the molecule is COc1ccc(-c2nc(N3CCN(Cc4ccccc4)CC3)nc3nn(-c4ccc(F)cc4)c(N)c23)c(F)c1. The average molecular weight is 528 g/mol. The van der Waals surface area contributed by atoms with E-state index in [1.807, 2.05) is 18.2 Å². The number of piperazine rings is 1. The number of nitrogens with two attached hydrogens (primary N) is 1. The summed E-state index contributed by atoms with van der Waals surface area (Å²) in [6.07, 6.45) is 0. The number of benzene rings is 3. The Morgan fingerprint density at radius 2 is 1.64 bits per heavy atom. The van der Waals surface area contributed by atoms with Gasteiger partial charge in [0.25, 0.3) is 0 Å². The fourth-order valence-corrected chi connectivity index (χ4v) is 4.88. The highest BCUT2D eigenvalue weighted by molar-refractivity contribution is 5.99. The largest absolute Gasteiger partial charge is 0.497 e. The third-order valence-electron chi connectivity index (χ3n) is 6.96. The number of hydrogen-bond donors (Lipinski definition) is 1. The first-order valence-corrected chi connectivity index (χ1v) is 12.7. The van der Waals surface area contributed by atoms with Crippen LogP contribution in [0.2, 0.25) is 0 Å². The number of nitrogen functional groups attached to an aromatic ring is 1. The van der Waals surface area contributed by atoms with Crippen LogP contribution in [0.1, 0.15) is 5.56 Å². The molecule has 1 saturated heterocycles. The van der Waals surface area contributed by atoms with E-state index < -0.39 is 5.82 Å². The molecule has 0 radical (unpaired) electrons. The Labute approximate surface area is 224 Å². The molecule has 10 heteroatoms. The molecule has 0 amide bonds. The van der Waals surface area contributed by atoms with E-state index in [0.717, 1.165) is 19.6 Å². The number of methoxy groups -OCH3 is 1. The summed E-state index contributed by atoms with van der Waals surface area (Å²) in [6.45, 7) is 3.94. The van der Waals surface area contributed by atoms with Crippen LogP contribution in [0, 0.1) is 11.6 Å². The second kappa shape index (κ2) is 10.3. The van der Waals surface area contributed by atoms with Crippen molar-refractivity contribution in [2.45, 2.75) is 6.54 Å². The highest BCUT2D eigenvalue weighted by atomic mass is 19.1. The maximum Gasteiger partial charge on any atom is 0.228 e. The van der Waals surface area contributed by atoms with Gasteiger partial charge in [0.1, 0.15) is 23.2 Å². The van der Waals surface area contributed by atoms with Crippen LogP contribution in [-0.2, 0) is 6.54 Å². The number of hydrogen-bond acceptors (Lipinski definition) is 7. The molecule has 1 aliphatic heterocycles. The molecule has 3 heterocycles. The number of anilines is 2. The third kappa shape index (κ3) is 4.86. The van der Waals surface area contributed by atoms with E-state index in [-0.39, 0.29) is 17.2 Å². The van der Waals surface area contributed by atoms with Crippen LogP contribution in [0.5, 0.6) is 5.75 Å². The molecule has 1 aliphatic rings. The van der Waals surface area contributed by atoms with E-state index >= 15 is 4.39 Å². The first kappa shape index (κ1) is 24.7. The molecule has 0 spiro atoms. The first-order chi connectivity index (χ1) is 19.0. The van der Waals surface area contributed by atoms with Crippen molar-refractivity contribution in [3.05, 3.63) is 90.0 Å². The lowest BCUT2D eigenvalue weighted by Gasteiger charge is -2.34. The minimum atomic E-state index is -0.498. The minimum absolute atomic E-state index is 0.237. The Morgan fingerprint density at radius 1 is 0.897 bits per heavy atom. The van der Waals surface area contributed by atoms with Gasteiger partial charge >= 0.3 is 0 Å². The van der Waals surface area contributed by atoms with Gasteiger partial charge in [-0.1, -0.05) is 30.3 Å². The molecule has 0 saturated carbocycles. The van der Waals surface area contributed by atoms with Crippen molar-refractivity contribution in [2.75, 3.05) is 43.9 Å². The zero-order valence-corrected chi connectivity index (χ0v) is 21.4. The van der Waals surface area contributed by atoms with Gasteiger partial charge in [-0.3, -0.25) is 4.90 Å². The number of nitrogens with zero attached hydrogens (tertiary/aromatic N) is 6. The molecule has 2 aromatic heterocycles. The fraction of sp³-hybridized carbons (Fsp3) is 0.207. The quantitative estimate of drug-likeness (QED) is 0.343. The smallest absolute Gasteiger partial charge is 0.228 e. The number of fused-ring (bicyclic) bond motifs is 1. The van der Waals surface area contributed by atoms with Crippen LogP contribution >= 0.6 is 0 Å². The van der Waals surface area contributed by atoms with Crippen LogP contribution in [0.25, 0.3) is 28.0 Å². The van der Waals surface area contributed by atoms with E-state index in [1.54, 1.807) is 24.3 Å². The van der Waals surface area contributed by atoms with Gasteiger partial charge in [0, 0.05) is 44.4 Å². The number of aromatic nitrogens is 4. The lowest BCUT2D eigenvalue weighted by atomic mass is 10.1. The molecular weight excluding hydrogens is 500 g/mol. The van der Waals surface area contributed by atoms with Crippen molar-refractivity contribution in [2.24, 2.45) is 0 Å². The van der Waals surface area contributed by atoms with Gasteiger partial charge < -0.3 is 15.4 Å². The summed E-state index contributed by atoms with van der Waals surface area (Å²) < 4.78 is 35.5. The molecule has 3 aromatic carbocycles. The Balaban J connectivity index is 1.39. The highest BCUT2D eigenvalue weighted by Gasteiger charge is 2.25. The van der Waals surface area contributed by atoms with Crippen molar-refractivity contribution in [1.82, 2.24) is 24.6 Å². The first-order valence-electron chi connectivity index (χ1n) is 12.7. The molecular formula is C29H27F2N7O. The number of halogens is 2. The molecule has 0 bridgehead atoms. The number of ether oxygens (including phenoxy) is 1. The molecule has 6 rings (SSSR count). The maximum atomic E-state index is 15.3. The van der Waals surface area contributed by atoms with Gasteiger partial charge in [-0.05, 0) is 42.0 Å². The van der Waals surface area contributed by atoms with Gasteiger partial charge in [0.15, 0.2) is 5.65 Å². The monoisotopic (exact) mass is 527 g/mol. The normalized spacial score (nSPS) is 14.2. The lowest BCUT2D eigenvalue weighted by molar-refractivity contribution is 0.249. The maximum absolute atomic E-state index is 15.3. The summed E-state index contributed by atoms with van der Waals surface area (Å²) >= 11 is 0. The van der Waals surface area contributed by atoms with E-state index in [1.165, 1.54) is 35.6 Å². The van der Waals surface area contributed by atoms with Crippen molar-refractivity contribution < 1.29 is 13.5 Å². The van der Waals surface area contributed by atoms with E-state index in [2.05, 4.69) is 27.0 Å². The molecule has 8 nitrogen and oxygen atoms in total. The predicted octanol–water partition coefficient (Wildman–Crippen LogP) is 4.67. The molecule has 0 unspecified atom stereocenters. The second-order valence-corrected chi connectivity index (χ2v) is 9.44. The highest BCUT2D eigenvalue weighted by Crippen LogP contribution is 2.35. The van der Waals surface area contributed by atoms with Crippen LogP contribution in [0.4, 0.5) is 20.5 Å². The zero-order chi connectivity index (χ0) is 26.9. The summed E-state index contributed by atoms with van der Waals surface area (Å²) in [7, 11) is 1.48. The van der Waals surface area contributed by atoms with Gasteiger partial charge in [0.2, 0.25) is 5.95 Å². The summed E-state index contributed by atoms with van der Waals surface area (Å²) in [5, 5.41) is 5.05. The predicted molar refractivity (Wildman–Crippen MR) is 147 cm³/mol. The summed E-state index contributed by atoms with van der Waals surface area (Å²) in [6, 6.07) is 20.8. The Bertz CT molecular complexity index is 1620.